The maximum Gasteiger partial charge on any atom is 0.306 e. The molecule has 0 aliphatic heterocycles. The van der Waals surface area contributed by atoms with E-state index in [0.29, 0.717) is 0 Å². The van der Waals surface area contributed by atoms with Crippen LogP contribution in [0.1, 0.15) is 46.5 Å². The van der Waals surface area contributed by atoms with E-state index in [9.17, 15) is 4.79 Å². The fourth-order valence-corrected chi connectivity index (χ4v) is 1.93. The van der Waals surface area contributed by atoms with Crippen LogP contribution in [0.5, 0.6) is 0 Å². The van der Waals surface area contributed by atoms with E-state index in [-0.39, 0.29) is 17.6 Å². The summed E-state index contributed by atoms with van der Waals surface area (Å²) in [7, 11) is 0. The molecule has 0 spiro atoms. The lowest BCUT2D eigenvalue weighted by atomic mass is 9.87. The van der Waals surface area contributed by atoms with Crippen LogP contribution in [0.25, 0.3) is 0 Å². The summed E-state index contributed by atoms with van der Waals surface area (Å²) in [6, 6.07) is 0. The Labute approximate surface area is 85.5 Å². The monoisotopic (exact) mass is 200 g/mol. The molecule has 1 aliphatic rings. The molecular formula is C11H20O3. The first-order valence-electron chi connectivity index (χ1n) is 5.29. The van der Waals surface area contributed by atoms with E-state index in [4.69, 9.17) is 9.84 Å². The Hall–Kier alpha value is -0.570. The van der Waals surface area contributed by atoms with Gasteiger partial charge in [0.1, 0.15) is 0 Å². The summed E-state index contributed by atoms with van der Waals surface area (Å²) in [5.74, 6) is -0.797. The molecule has 0 heterocycles. The molecule has 0 aromatic rings. The van der Waals surface area contributed by atoms with Gasteiger partial charge >= 0.3 is 5.97 Å². The second-order valence-corrected chi connectivity index (χ2v) is 5.04. The summed E-state index contributed by atoms with van der Waals surface area (Å²) in [6.45, 7) is 6.11. The molecule has 0 amide bonds. The van der Waals surface area contributed by atoms with Crippen LogP contribution < -0.4 is 0 Å². The minimum Gasteiger partial charge on any atom is -0.481 e. The Kier molecular flexibility index (Phi) is 3.53. The predicted molar refractivity (Wildman–Crippen MR) is 54.2 cm³/mol. The number of hydrogen-bond acceptors (Lipinski definition) is 2. The number of hydrogen-bond donors (Lipinski definition) is 1. The zero-order valence-electron chi connectivity index (χ0n) is 9.25. The number of carbonyl (C=O) groups is 1. The minimum absolute atomic E-state index is 0.110. The van der Waals surface area contributed by atoms with E-state index in [2.05, 4.69) is 0 Å². The highest BCUT2D eigenvalue weighted by atomic mass is 16.5. The van der Waals surface area contributed by atoms with Crippen LogP contribution in [0.3, 0.4) is 0 Å². The fraction of sp³-hybridized carbons (Fsp3) is 0.909. The molecule has 0 unspecified atom stereocenters. The summed E-state index contributed by atoms with van der Waals surface area (Å²) in [6.07, 6.45) is 3.54. The molecule has 14 heavy (non-hydrogen) atoms. The van der Waals surface area contributed by atoms with E-state index in [0.717, 1.165) is 25.7 Å². The normalized spacial score (nSPS) is 28.8. The average Bonchev–Trinajstić information content (AvgIpc) is 2.02. The van der Waals surface area contributed by atoms with Crippen LogP contribution in [0.2, 0.25) is 0 Å². The molecule has 3 nitrogen and oxygen atoms in total. The van der Waals surface area contributed by atoms with E-state index >= 15 is 0 Å². The van der Waals surface area contributed by atoms with Crippen molar-refractivity contribution < 1.29 is 14.6 Å². The smallest absolute Gasteiger partial charge is 0.306 e. The average molecular weight is 200 g/mol. The van der Waals surface area contributed by atoms with Crippen molar-refractivity contribution in [2.75, 3.05) is 0 Å². The standard InChI is InChI=1S/C11H20O3/c1-11(2,3)14-9-6-4-8(5-7-9)10(12)13/h8-9H,4-7H2,1-3H3,(H,12,13)/t8-,9+. The van der Waals surface area contributed by atoms with E-state index in [1.165, 1.54) is 0 Å². The first-order chi connectivity index (χ1) is 6.38. The maximum absolute atomic E-state index is 10.7. The van der Waals surface area contributed by atoms with Gasteiger partial charge in [0.05, 0.1) is 17.6 Å². The van der Waals surface area contributed by atoms with Crippen LogP contribution in [-0.4, -0.2) is 22.8 Å². The Bertz CT molecular complexity index is 197. The van der Waals surface area contributed by atoms with Gasteiger partial charge < -0.3 is 9.84 Å². The van der Waals surface area contributed by atoms with Crippen LogP contribution >= 0.6 is 0 Å². The van der Waals surface area contributed by atoms with Gasteiger partial charge in [0.15, 0.2) is 0 Å². The Morgan fingerprint density at radius 2 is 1.71 bits per heavy atom. The summed E-state index contributed by atoms with van der Waals surface area (Å²) >= 11 is 0. The van der Waals surface area contributed by atoms with Crippen LogP contribution in [0.15, 0.2) is 0 Å². The first kappa shape index (κ1) is 11.5. The third-order valence-corrected chi connectivity index (χ3v) is 2.54. The van der Waals surface area contributed by atoms with Crippen molar-refractivity contribution >= 4 is 5.97 Å². The summed E-state index contributed by atoms with van der Waals surface area (Å²) in [5.41, 5.74) is -0.110. The third-order valence-electron chi connectivity index (χ3n) is 2.54. The molecular weight excluding hydrogens is 180 g/mol. The topological polar surface area (TPSA) is 46.5 Å². The molecule has 3 heteroatoms. The number of aliphatic carboxylic acids is 1. The quantitative estimate of drug-likeness (QED) is 0.744. The largest absolute Gasteiger partial charge is 0.481 e. The van der Waals surface area contributed by atoms with Gasteiger partial charge in [-0.25, -0.2) is 0 Å². The van der Waals surface area contributed by atoms with Crippen LogP contribution in [0, 0.1) is 5.92 Å². The van der Waals surface area contributed by atoms with Crippen molar-refractivity contribution in [2.24, 2.45) is 5.92 Å². The van der Waals surface area contributed by atoms with Crippen molar-refractivity contribution in [3.63, 3.8) is 0 Å². The molecule has 0 aromatic heterocycles. The molecule has 1 N–H and O–H groups in total. The molecule has 0 saturated heterocycles. The zero-order valence-corrected chi connectivity index (χ0v) is 9.25. The van der Waals surface area contributed by atoms with Crippen LogP contribution in [0.4, 0.5) is 0 Å². The highest BCUT2D eigenvalue weighted by molar-refractivity contribution is 5.70. The molecule has 1 saturated carbocycles. The van der Waals surface area contributed by atoms with Gasteiger partial charge in [0.2, 0.25) is 0 Å². The van der Waals surface area contributed by atoms with Gasteiger partial charge in [-0.2, -0.15) is 0 Å². The first-order valence-corrected chi connectivity index (χ1v) is 5.29. The molecule has 1 fully saturated rings. The van der Waals surface area contributed by atoms with Gasteiger partial charge in [0.25, 0.3) is 0 Å². The number of rotatable bonds is 2. The van der Waals surface area contributed by atoms with Crippen molar-refractivity contribution in [3.05, 3.63) is 0 Å². The molecule has 82 valence electrons. The van der Waals surface area contributed by atoms with Crippen LogP contribution in [-0.2, 0) is 9.53 Å². The summed E-state index contributed by atoms with van der Waals surface area (Å²) in [5, 5.41) is 8.82. The van der Waals surface area contributed by atoms with E-state index in [1.807, 2.05) is 20.8 Å². The molecule has 1 aliphatic carbocycles. The summed E-state index contributed by atoms with van der Waals surface area (Å²) in [4.78, 5) is 10.7. The predicted octanol–water partition coefficient (Wildman–Crippen LogP) is 2.44. The molecule has 1 rings (SSSR count). The van der Waals surface area contributed by atoms with Crippen molar-refractivity contribution in [1.29, 1.82) is 0 Å². The summed E-state index contributed by atoms with van der Waals surface area (Å²) < 4.78 is 5.81. The van der Waals surface area contributed by atoms with Crippen molar-refractivity contribution in [2.45, 2.75) is 58.2 Å². The number of carboxylic acid groups (broad SMARTS) is 1. The lowest BCUT2D eigenvalue weighted by molar-refractivity contribution is -0.145. The lowest BCUT2D eigenvalue weighted by Crippen LogP contribution is -2.32. The SMILES string of the molecule is CC(C)(C)O[C@H]1CC[C@@H](C(=O)O)CC1. The maximum atomic E-state index is 10.7. The van der Waals surface area contributed by atoms with Gasteiger partial charge in [-0.1, -0.05) is 0 Å². The van der Waals surface area contributed by atoms with Gasteiger partial charge in [-0.05, 0) is 46.5 Å². The minimum atomic E-state index is -0.654. The Morgan fingerprint density at radius 3 is 2.07 bits per heavy atom. The van der Waals surface area contributed by atoms with Gasteiger partial charge in [-0.3, -0.25) is 4.79 Å². The Balaban J connectivity index is 2.33. The number of ether oxygens (including phenoxy) is 1. The third kappa shape index (κ3) is 3.66. The van der Waals surface area contributed by atoms with Gasteiger partial charge in [-0.15, -0.1) is 0 Å². The zero-order chi connectivity index (χ0) is 10.8. The molecule has 0 aromatic carbocycles. The van der Waals surface area contributed by atoms with Crippen molar-refractivity contribution in [3.8, 4) is 0 Å². The highest BCUT2D eigenvalue weighted by Crippen LogP contribution is 2.28. The second-order valence-electron chi connectivity index (χ2n) is 5.04. The lowest BCUT2D eigenvalue weighted by Gasteiger charge is -2.32. The van der Waals surface area contributed by atoms with Gasteiger partial charge in [0, 0.05) is 0 Å². The molecule has 0 radical (unpaired) electrons. The van der Waals surface area contributed by atoms with E-state index < -0.39 is 5.97 Å². The Morgan fingerprint density at radius 1 is 1.21 bits per heavy atom. The fourth-order valence-electron chi connectivity index (χ4n) is 1.93. The van der Waals surface area contributed by atoms with E-state index in [1.54, 1.807) is 0 Å². The number of carboxylic acids is 1. The molecule has 0 bridgehead atoms. The van der Waals surface area contributed by atoms with Crippen molar-refractivity contribution in [1.82, 2.24) is 0 Å². The molecule has 0 atom stereocenters. The highest BCUT2D eigenvalue weighted by Gasteiger charge is 2.28. The second kappa shape index (κ2) is 4.30.